The SMILES string of the molecule is COc1ccccc1CCNC(=O)C1CC12CCN(Cc1cccc(C)n1)CC2. The van der Waals surface area contributed by atoms with Crippen molar-refractivity contribution in [3.63, 3.8) is 0 Å². The first-order valence-electron chi connectivity index (χ1n) is 10.6. The van der Waals surface area contributed by atoms with Crippen LogP contribution in [-0.4, -0.2) is 42.5 Å². The maximum atomic E-state index is 12.7. The summed E-state index contributed by atoms with van der Waals surface area (Å²) in [5.74, 6) is 1.31. The van der Waals surface area contributed by atoms with Gasteiger partial charge in [-0.25, -0.2) is 0 Å². The first kappa shape index (κ1) is 19.9. The van der Waals surface area contributed by atoms with Gasteiger partial charge in [-0.05, 0) is 74.9 Å². The Hall–Kier alpha value is -2.40. The smallest absolute Gasteiger partial charge is 0.223 e. The minimum absolute atomic E-state index is 0.194. The summed E-state index contributed by atoms with van der Waals surface area (Å²) in [6, 6.07) is 14.2. The number of piperidine rings is 1. The van der Waals surface area contributed by atoms with Crippen molar-refractivity contribution in [3.8, 4) is 5.75 Å². The van der Waals surface area contributed by atoms with E-state index in [0.717, 1.165) is 68.0 Å². The van der Waals surface area contributed by atoms with Gasteiger partial charge in [-0.15, -0.1) is 0 Å². The third-order valence-corrected chi connectivity index (χ3v) is 6.58. The Morgan fingerprint density at radius 2 is 2.00 bits per heavy atom. The summed E-state index contributed by atoms with van der Waals surface area (Å²) < 4.78 is 5.39. The molecule has 154 valence electrons. The molecule has 5 nitrogen and oxygen atoms in total. The van der Waals surface area contributed by atoms with Crippen LogP contribution in [0.15, 0.2) is 42.5 Å². The second-order valence-corrected chi connectivity index (χ2v) is 8.52. The molecule has 0 radical (unpaired) electrons. The van der Waals surface area contributed by atoms with Crippen LogP contribution in [0.25, 0.3) is 0 Å². The number of carbonyl (C=O) groups is 1. The number of benzene rings is 1. The highest BCUT2D eigenvalue weighted by Crippen LogP contribution is 2.59. The minimum atomic E-state index is 0.194. The largest absolute Gasteiger partial charge is 0.496 e. The Morgan fingerprint density at radius 1 is 1.21 bits per heavy atom. The minimum Gasteiger partial charge on any atom is -0.496 e. The van der Waals surface area contributed by atoms with Gasteiger partial charge in [0.2, 0.25) is 5.91 Å². The number of para-hydroxylation sites is 1. The van der Waals surface area contributed by atoms with E-state index in [2.05, 4.69) is 33.4 Å². The third-order valence-electron chi connectivity index (χ3n) is 6.58. The fourth-order valence-corrected chi connectivity index (χ4v) is 4.70. The van der Waals surface area contributed by atoms with Crippen molar-refractivity contribution in [2.24, 2.45) is 11.3 Å². The molecule has 2 aromatic rings. The van der Waals surface area contributed by atoms with E-state index < -0.39 is 0 Å². The molecular weight excluding hydrogens is 362 g/mol. The first-order valence-corrected chi connectivity index (χ1v) is 10.6. The van der Waals surface area contributed by atoms with Gasteiger partial charge in [0.25, 0.3) is 0 Å². The lowest BCUT2D eigenvalue weighted by molar-refractivity contribution is -0.123. The molecule has 0 bridgehead atoms. The molecule has 1 saturated heterocycles. The van der Waals surface area contributed by atoms with Crippen molar-refractivity contribution in [3.05, 3.63) is 59.4 Å². The van der Waals surface area contributed by atoms with Crippen molar-refractivity contribution >= 4 is 5.91 Å². The fourth-order valence-electron chi connectivity index (χ4n) is 4.70. The lowest BCUT2D eigenvalue weighted by atomic mass is 9.90. The lowest BCUT2D eigenvalue weighted by Gasteiger charge is -2.32. The van der Waals surface area contributed by atoms with Gasteiger partial charge in [0.1, 0.15) is 5.75 Å². The van der Waals surface area contributed by atoms with Crippen LogP contribution in [0, 0.1) is 18.3 Å². The normalized spacial score (nSPS) is 20.4. The molecule has 4 rings (SSSR count). The summed E-state index contributed by atoms with van der Waals surface area (Å²) >= 11 is 0. The second-order valence-electron chi connectivity index (χ2n) is 8.52. The number of likely N-dealkylation sites (tertiary alicyclic amines) is 1. The van der Waals surface area contributed by atoms with Crippen LogP contribution in [0.5, 0.6) is 5.75 Å². The standard InChI is InChI=1S/C24H31N3O2/c1-18-6-5-8-20(26-18)17-27-14-11-24(12-15-27)16-21(24)23(28)25-13-10-19-7-3-4-9-22(19)29-2/h3-9,21H,10-17H2,1-2H3,(H,25,28). The van der Waals surface area contributed by atoms with Crippen LogP contribution in [0.3, 0.4) is 0 Å². The summed E-state index contributed by atoms with van der Waals surface area (Å²) in [5, 5.41) is 3.16. The highest BCUT2D eigenvalue weighted by molar-refractivity contribution is 5.82. The van der Waals surface area contributed by atoms with Crippen LogP contribution in [-0.2, 0) is 17.8 Å². The summed E-state index contributed by atoms with van der Waals surface area (Å²) in [6.07, 6.45) is 4.07. The van der Waals surface area contributed by atoms with Gasteiger partial charge in [0, 0.05) is 24.7 Å². The Labute approximate surface area is 173 Å². The monoisotopic (exact) mass is 393 g/mol. The van der Waals surface area contributed by atoms with Crippen molar-refractivity contribution in [1.29, 1.82) is 0 Å². The number of carbonyl (C=O) groups excluding carboxylic acids is 1. The van der Waals surface area contributed by atoms with Gasteiger partial charge in [-0.2, -0.15) is 0 Å². The first-order chi connectivity index (χ1) is 14.1. The van der Waals surface area contributed by atoms with Crippen LogP contribution in [0.1, 0.15) is 36.2 Å². The van der Waals surface area contributed by atoms with Gasteiger partial charge in [-0.1, -0.05) is 24.3 Å². The number of hydrogen-bond donors (Lipinski definition) is 1. The molecule has 1 amide bonds. The molecule has 2 heterocycles. The van der Waals surface area contributed by atoms with Crippen LogP contribution < -0.4 is 10.1 Å². The molecule has 29 heavy (non-hydrogen) atoms. The number of ether oxygens (including phenoxy) is 1. The van der Waals surface area contributed by atoms with E-state index in [4.69, 9.17) is 4.74 Å². The van der Waals surface area contributed by atoms with Gasteiger partial charge in [0.05, 0.1) is 12.8 Å². The molecule has 1 atom stereocenters. The Bertz CT molecular complexity index is 859. The number of hydrogen-bond acceptors (Lipinski definition) is 4. The van der Waals surface area contributed by atoms with Crippen LogP contribution >= 0.6 is 0 Å². The van der Waals surface area contributed by atoms with E-state index >= 15 is 0 Å². The maximum absolute atomic E-state index is 12.7. The highest BCUT2D eigenvalue weighted by Gasteiger charge is 2.58. The van der Waals surface area contributed by atoms with Gasteiger partial charge in [-0.3, -0.25) is 14.7 Å². The van der Waals surface area contributed by atoms with Crippen LogP contribution in [0.2, 0.25) is 0 Å². The number of methoxy groups -OCH3 is 1. The molecule has 1 spiro atoms. The number of pyridine rings is 1. The predicted molar refractivity (Wildman–Crippen MR) is 114 cm³/mol. The van der Waals surface area contributed by atoms with Gasteiger partial charge in [0.15, 0.2) is 0 Å². The zero-order valence-corrected chi connectivity index (χ0v) is 17.5. The van der Waals surface area contributed by atoms with Crippen LogP contribution in [0.4, 0.5) is 0 Å². The summed E-state index contributed by atoms with van der Waals surface area (Å²) in [6.45, 7) is 5.72. The van der Waals surface area contributed by atoms with E-state index in [0.29, 0.717) is 6.54 Å². The van der Waals surface area contributed by atoms with E-state index in [1.165, 1.54) is 0 Å². The average molecular weight is 394 g/mol. The number of rotatable bonds is 7. The molecule has 5 heteroatoms. The van der Waals surface area contributed by atoms with E-state index in [-0.39, 0.29) is 17.2 Å². The van der Waals surface area contributed by atoms with E-state index in [1.54, 1.807) is 7.11 Å². The van der Waals surface area contributed by atoms with E-state index in [9.17, 15) is 4.79 Å². The molecule has 1 aromatic carbocycles. The molecule has 1 unspecified atom stereocenters. The Kier molecular flexibility index (Phi) is 5.86. The lowest BCUT2D eigenvalue weighted by Crippen LogP contribution is -2.37. The molecule has 2 aliphatic rings. The number of nitrogens with zero attached hydrogens (tertiary/aromatic N) is 2. The third kappa shape index (κ3) is 4.61. The predicted octanol–water partition coefficient (Wildman–Crippen LogP) is 3.36. The quantitative estimate of drug-likeness (QED) is 0.784. The van der Waals surface area contributed by atoms with Gasteiger partial charge >= 0.3 is 0 Å². The topological polar surface area (TPSA) is 54.5 Å². The molecule has 1 aliphatic heterocycles. The number of aromatic nitrogens is 1. The maximum Gasteiger partial charge on any atom is 0.223 e. The highest BCUT2D eigenvalue weighted by atomic mass is 16.5. The Balaban J connectivity index is 1.22. The average Bonchev–Trinajstić information content (AvgIpc) is 3.44. The summed E-state index contributed by atoms with van der Waals surface area (Å²) in [4.78, 5) is 19.8. The summed E-state index contributed by atoms with van der Waals surface area (Å²) in [7, 11) is 1.69. The van der Waals surface area contributed by atoms with Crippen molar-refractivity contribution in [1.82, 2.24) is 15.2 Å². The van der Waals surface area contributed by atoms with E-state index in [1.807, 2.05) is 31.2 Å². The number of aryl methyl sites for hydroxylation is 1. The van der Waals surface area contributed by atoms with Crippen molar-refractivity contribution in [2.75, 3.05) is 26.7 Å². The molecule has 1 saturated carbocycles. The van der Waals surface area contributed by atoms with Gasteiger partial charge < -0.3 is 10.1 Å². The number of nitrogens with one attached hydrogen (secondary N) is 1. The summed E-state index contributed by atoms with van der Waals surface area (Å²) in [5.41, 5.74) is 3.59. The fraction of sp³-hybridized carbons (Fsp3) is 0.500. The molecule has 1 N–H and O–H groups in total. The number of amides is 1. The Morgan fingerprint density at radius 3 is 2.76 bits per heavy atom. The molecule has 1 aromatic heterocycles. The molecular formula is C24H31N3O2. The van der Waals surface area contributed by atoms with Crippen molar-refractivity contribution in [2.45, 2.75) is 39.2 Å². The molecule has 1 aliphatic carbocycles. The second kappa shape index (κ2) is 8.54. The molecule has 2 fully saturated rings. The van der Waals surface area contributed by atoms with Crippen molar-refractivity contribution < 1.29 is 9.53 Å². The zero-order valence-electron chi connectivity index (χ0n) is 17.5. The zero-order chi connectivity index (χ0) is 20.3.